The van der Waals surface area contributed by atoms with Crippen LogP contribution >= 0.6 is 15.9 Å². The fourth-order valence-electron chi connectivity index (χ4n) is 9.27. The first-order chi connectivity index (χ1) is 37.6. The van der Waals surface area contributed by atoms with E-state index in [1.165, 1.54) is 47.9 Å². The number of alkyl carbamates (subject to hydrolysis) is 1. The van der Waals surface area contributed by atoms with Crippen molar-refractivity contribution in [1.29, 1.82) is 0 Å². The Balaban J connectivity index is 0.874. The molecule has 0 bridgehead atoms. The first-order valence-electron chi connectivity index (χ1n) is 25.7. The number of benzene rings is 2. The minimum absolute atomic E-state index is 0.0553. The Labute approximate surface area is 460 Å². The number of amides is 8. The number of carbonyl (C=O) groups is 9. The summed E-state index contributed by atoms with van der Waals surface area (Å²) in [6.45, 7) is 3.51. The van der Waals surface area contributed by atoms with Crippen molar-refractivity contribution in [1.82, 2.24) is 35.7 Å². The van der Waals surface area contributed by atoms with Gasteiger partial charge in [0.15, 0.2) is 0 Å². The third-order valence-electron chi connectivity index (χ3n) is 13.6. The first kappa shape index (κ1) is 58.6. The highest BCUT2D eigenvalue weighted by atomic mass is 79.9. The average Bonchev–Trinajstić information content (AvgIpc) is 4.20. The highest BCUT2D eigenvalue weighted by Gasteiger charge is 2.51. The van der Waals surface area contributed by atoms with Crippen LogP contribution in [0.15, 0.2) is 76.0 Å². The van der Waals surface area contributed by atoms with Crippen LogP contribution in [-0.4, -0.2) is 106 Å². The number of urea groups is 1. The van der Waals surface area contributed by atoms with Crippen LogP contribution in [0.3, 0.4) is 0 Å². The fraction of sp³-hybridized carbons (Fsp3) is 0.426. The van der Waals surface area contributed by atoms with E-state index in [2.05, 4.69) is 37.2 Å². The smallest absolute Gasteiger partial charge is 0.407 e. The maximum Gasteiger partial charge on any atom is 0.407 e. The van der Waals surface area contributed by atoms with Gasteiger partial charge in [-0.15, -0.1) is 0 Å². The number of nitrogens with two attached hydrogens (primary N) is 1. The Hall–Kier alpha value is -8.09. The Morgan fingerprint density at radius 2 is 1.65 bits per heavy atom. The van der Waals surface area contributed by atoms with E-state index in [-0.39, 0.29) is 93.1 Å². The van der Waals surface area contributed by atoms with Gasteiger partial charge in [0.25, 0.3) is 23.3 Å². The normalized spacial score (nSPS) is 16.1. The van der Waals surface area contributed by atoms with E-state index >= 15 is 8.78 Å². The van der Waals surface area contributed by atoms with E-state index in [1.54, 1.807) is 19.9 Å². The summed E-state index contributed by atoms with van der Waals surface area (Å²) in [6, 6.07) is 12.0. The van der Waals surface area contributed by atoms with Crippen molar-refractivity contribution in [3.8, 4) is 11.4 Å². The monoisotopic (exact) mass is 1160 g/mol. The van der Waals surface area contributed by atoms with Crippen molar-refractivity contribution in [2.45, 2.75) is 122 Å². The Bertz CT molecular complexity index is 3130. The van der Waals surface area contributed by atoms with E-state index in [4.69, 9.17) is 24.9 Å². The third-order valence-corrected chi connectivity index (χ3v) is 14.3. The van der Waals surface area contributed by atoms with Gasteiger partial charge in [-0.25, -0.2) is 28.1 Å². The lowest BCUT2D eigenvalue weighted by Crippen LogP contribution is -2.54. The van der Waals surface area contributed by atoms with E-state index in [1.807, 2.05) is 29.6 Å². The summed E-state index contributed by atoms with van der Waals surface area (Å²) < 4.78 is 48.8. The second-order valence-corrected chi connectivity index (χ2v) is 20.4. The van der Waals surface area contributed by atoms with Crippen LogP contribution in [0.4, 0.5) is 24.1 Å². The molecular formula is C54H60BrF2N9O13. The molecule has 7 rings (SSSR count). The SMILES string of the molecule is CC[C@@]1(OC(=O)CCC(F)(F)CNC(=O)OCc2ccc(NC(=O)[C@H](CCCNC(N)=O)NC(=O)[C@@H](NC(=O)CCCCCN3C(=O)C=CC3=O)C(C)C)cc2)C(=O)OCc2c1cc1n(c2=O)Cc2cc3c(Br)cccc3nc2-1. The summed E-state index contributed by atoms with van der Waals surface area (Å²) in [5.41, 5.74) is 5.73. The molecule has 0 saturated carbocycles. The van der Waals surface area contributed by atoms with Gasteiger partial charge >= 0.3 is 24.1 Å². The lowest BCUT2D eigenvalue weighted by Gasteiger charge is -2.35. The van der Waals surface area contributed by atoms with Gasteiger partial charge in [-0.3, -0.25) is 38.5 Å². The van der Waals surface area contributed by atoms with Crippen molar-refractivity contribution in [2.24, 2.45) is 11.7 Å². The highest BCUT2D eigenvalue weighted by molar-refractivity contribution is 9.10. The standard InChI is InChI=1S/C54H60BrF2N9O13/c1-4-54(36-25-40-46-32(24-34-37(55)10-8-11-38(34)62-46)26-66(40)49(73)35(36)28-77-50(54)74)79-44(70)20-21-53(56,57)29-60-52(76)78-27-31-14-16-33(17-15-31)61-47(71)39(12-9-22-59-51(58)75)63-48(72)45(30(2)3)64-41(67)13-6-5-7-23-65-42(68)18-19-43(65)69/h8,10-11,14-19,24-25,30,39,45H,4-7,9,12-13,20-23,26-29H2,1-3H3,(H,60,76)(H,61,71)(H,63,72)(H,64,67)(H3,58,59,75)/t39-,45-,54-/m0/s1. The maximum absolute atomic E-state index is 15.2. The predicted octanol–water partition coefficient (Wildman–Crippen LogP) is 5.23. The molecule has 3 atom stereocenters. The summed E-state index contributed by atoms with van der Waals surface area (Å²) in [5, 5.41) is 13.3. The van der Waals surface area contributed by atoms with Crippen LogP contribution in [0.1, 0.15) is 101 Å². The number of hydrogen-bond acceptors (Lipinski definition) is 14. The van der Waals surface area contributed by atoms with E-state index in [0.29, 0.717) is 41.7 Å². The molecule has 5 heterocycles. The van der Waals surface area contributed by atoms with Crippen LogP contribution < -0.4 is 37.9 Å². The number of unbranched alkanes of at least 4 members (excludes halogenated alkanes) is 2. The quantitative estimate of drug-likeness (QED) is 0.0189. The van der Waals surface area contributed by atoms with Gasteiger partial charge in [0.05, 0.1) is 42.0 Å². The Morgan fingerprint density at radius 1 is 0.911 bits per heavy atom. The number of nitrogens with zero attached hydrogens (tertiary/aromatic N) is 3. The molecule has 420 valence electrons. The minimum atomic E-state index is -3.64. The van der Waals surface area contributed by atoms with Gasteiger partial charge in [0, 0.05) is 64.8 Å². The average molecular weight is 1160 g/mol. The molecule has 0 fully saturated rings. The summed E-state index contributed by atoms with van der Waals surface area (Å²) in [6.07, 6.45) is 0.876. The number of anilines is 1. The molecule has 4 aromatic rings. The number of nitrogens with one attached hydrogen (secondary N) is 5. The molecule has 0 saturated heterocycles. The predicted molar refractivity (Wildman–Crippen MR) is 283 cm³/mol. The number of esters is 2. The van der Waals surface area contributed by atoms with Crippen molar-refractivity contribution >= 4 is 86.1 Å². The second-order valence-electron chi connectivity index (χ2n) is 19.6. The van der Waals surface area contributed by atoms with Crippen molar-refractivity contribution in [3.63, 3.8) is 0 Å². The number of fused-ring (bicyclic) bond motifs is 5. The number of carbonyl (C=O) groups excluding carboxylic acids is 9. The molecule has 0 aliphatic carbocycles. The van der Waals surface area contributed by atoms with Crippen LogP contribution in [0.2, 0.25) is 0 Å². The maximum atomic E-state index is 15.2. The highest BCUT2D eigenvalue weighted by Crippen LogP contribution is 2.42. The summed E-state index contributed by atoms with van der Waals surface area (Å²) in [7, 11) is 0. The van der Waals surface area contributed by atoms with Gasteiger partial charge in [-0.2, -0.15) is 0 Å². The summed E-state index contributed by atoms with van der Waals surface area (Å²) >= 11 is 3.54. The van der Waals surface area contributed by atoms with Gasteiger partial charge in [0.1, 0.15) is 25.3 Å². The summed E-state index contributed by atoms with van der Waals surface area (Å²) in [4.78, 5) is 134. The molecular weight excluding hydrogens is 1100 g/mol. The molecule has 3 aliphatic rings. The number of imide groups is 1. The number of aromatic nitrogens is 2. The first-order valence-corrected chi connectivity index (χ1v) is 26.5. The van der Waals surface area contributed by atoms with E-state index in [9.17, 15) is 47.9 Å². The minimum Gasteiger partial charge on any atom is -0.457 e. The van der Waals surface area contributed by atoms with Gasteiger partial charge < -0.3 is 51.1 Å². The molecule has 2 aromatic heterocycles. The number of cyclic esters (lactones) is 1. The lowest BCUT2D eigenvalue weighted by atomic mass is 9.85. The van der Waals surface area contributed by atoms with E-state index < -0.39 is 90.3 Å². The molecule has 3 aliphatic heterocycles. The van der Waals surface area contributed by atoms with Crippen molar-refractivity contribution in [2.75, 3.05) is 25.0 Å². The molecule has 22 nitrogen and oxygen atoms in total. The molecule has 0 spiro atoms. The number of halogens is 3. The summed E-state index contributed by atoms with van der Waals surface area (Å²) in [5.74, 6) is -8.61. The number of hydrogen-bond donors (Lipinski definition) is 6. The van der Waals surface area contributed by atoms with E-state index in [0.717, 1.165) is 20.3 Å². The fourth-order valence-corrected chi connectivity index (χ4v) is 9.74. The zero-order valence-corrected chi connectivity index (χ0v) is 45.1. The zero-order chi connectivity index (χ0) is 57.2. The van der Waals surface area contributed by atoms with Crippen molar-refractivity contribution < 1.29 is 66.1 Å². The second kappa shape index (κ2) is 25.6. The number of alkyl halides is 2. The Morgan fingerprint density at radius 3 is 2.34 bits per heavy atom. The van der Waals surface area contributed by atoms with Gasteiger partial charge in [-0.1, -0.05) is 61.3 Å². The molecule has 7 N–H and O–H groups in total. The Kier molecular flexibility index (Phi) is 19.0. The van der Waals surface area contributed by atoms with Crippen LogP contribution in [0.25, 0.3) is 22.3 Å². The lowest BCUT2D eigenvalue weighted by molar-refractivity contribution is -0.190. The molecule has 0 unspecified atom stereocenters. The van der Waals surface area contributed by atoms with Crippen LogP contribution in [0.5, 0.6) is 0 Å². The molecule has 2 aromatic carbocycles. The molecule has 0 radical (unpaired) electrons. The largest absolute Gasteiger partial charge is 0.457 e. The number of ether oxygens (including phenoxy) is 3. The number of rotatable bonds is 25. The van der Waals surface area contributed by atoms with Crippen molar-refractivity contribution in [3.05, 3.63) is 104 Å². The van der Waals surface area contributed by atoms with Crippen LogP contribution in [0, 0.1) is 5.92 Å². The van der Waals surface area contributed by atoms with Gasteiger partial charge in [-0.05, 0) is 80.0 Å². The zero-order valence-electron chi connectivity index (χ0n) is 43.5. The molecule has 25 heteroatoms. The number of primary amides is 1. The van der Waals surface area contributed by atoms with Crippen LogP contribution in [-0.2, 0) is 73.1 Å². The topological polar surface area (TPSA) is 306 Å². The van der Waals surface area contributed by atoms with Gasteiger partial charge in [0.2, 0.25) is 23.3 Å². The number of pyridine rings is 2. The molecule has 79 heavy (non-hydrogen) atoms. The molecule has 8 amide bonds. The third kappa shape index (κ3) is 14.3.